The van der Waals surface area contributed by atoms with Crippen LogP contribution in [0.25, 0.3) is 21.9 Å². The second kappa shape index (κ2) is 7.27. The lowest BCUT2D eigenvalue weighted by Gasteiger charge is -2.27. The Bertz CT molecular complexity index is 1540. The number of para-hydroxylation sites is 1. The number of amides is 1. The molecule has 160 valence electrons. The van der Waals surface area contributed by atoms with E-state index in [-0.39, 0.29) is 5.75 Å². The zero-order valence-electron chi connectivity index (χ0n) is 17.3. The normalized spacial score (nSPS) is 18.5. The third-order valence-electron chi connectivity index (χ3n) is 6.17. The fourth-order valence-corrected chi connectivity index (χ4v) is 4.63. The van der Waals surface area contributed by atoms with Crippen LogP contribution in [-0.4, -0.2) is 31.7 Å². The number of benzene rings is 3. The SMILES string of the molecule is O=C1C(=O)N(c2ccc3nc[nH]c3c2)C(c2ccc3cccc(O)c3n2)C1c1ccccc1. The summed E-state index contributed by atoms with van der Waals surface area (Å²) in [6.07, 6.45) is 1.59. The summed E-state index contributed by atoms with van der Waals surface area (Å²) in [4.78, 5) is 40.2. The number of phenols is 1. The molecule has 0 saturated carbocycles. The molecule has 6 rings (SSSR count). The van der Waals surface area contributed by atoms with Gasteiger partial charge in [0.1, 0.15) is 11.3 Å². The van der Waals surface area contributed by atoms with Crippen molar-refractivity contribution in [2.75, 3.05) is 4.90 Å². The third kappa shape index (κ3) is 2.97. The first kappa shape index (κ1) is 19.2. The molecule has 1 saturated heterocycles. The predicted molar refractivity (Wildman–Crippen MR) is 124 cm³/mol. The van der Waals surface area contributed by atoms with E-state index in [9.17, 15) is 14.7 Å². The fraction of sp³-hybridized carbons (Fsp3) is 0.0769. The quantitative estimate of drug-likeness (QED) is 0.414. The van der Waals surface area contributed by atoms with Crippen molar-refractivity contribution in [1.29, 1.82) is 0 Å². The van der Waals surface area contributed by atoms with E-state index in [1.54, 1.807) is 24.5 Å². The molecule has 7 heteroatoms. The number of ketones is 1. The zero-order chi connectivity index (χ0) is 22.5. The second-order valence-electron chi connectivity index (χ2n) is 8.06. The summed E-state index contributed by atoms with van der Waals surface area (Å²) in [6, 6.07) is 22.9. The summed E-state index contributed by atoms with van der Waals surface area (Å²) in [5, 5.41) is 11.2. The minimum Gasteiger partial charge on any atom is -0.506 e. The van der Waals surface area contributed by atoms with E-state index < -0.39 is 23.7 Å². The molecule has 0 aliphatic carbocycles. The molecular formula is C26H18N4O3. The summed E-state index contributed by atoms with van der Waals surface area (Å²) in [5.74, 6) is -1.76. The number of hydrogen-bond acceptors (Lipinski definition) is 5. The molecule has 7 nitrogen and oxygen atoms in total. The standard InChI is InChI=1S/C26H18N4O3/c31-21-8-4-7-16-9-11-19(29-23(16)21)24-22(15-5-2-1-3-6-15)25(32)26(33)30(24)17-10-12-18-20(13-17)28-14-27-18/h1-14,22,24,31H,(H,27,28). The number of fused-ring (bicyclic) bond motifs is 2. The number of nitrogens with one attached hydrogen (secondary N) is 1. The number of phenolic OH excluding ortho intramolecular Hbond substituents is 1. The van der Waals surface area contributed by atoms with Gasteiger partial charge in [-0.1, -0.05) is 48.5 Å². The van der Waals surface area contributed by atoms with Crippen molar-refractivity contribution >= 4 is 39.3 Å². The van der Waals surface area contributed by atoms with Crippen molar-refractivity contribution in [3.8, 4) is 5.75 Å². The molecule has 2 unspecified atom stereocenters. The fourth-order valence-electron chi connectivity index (χ4n) is 4.63. The van der Waals surface area contributed by atoms with Crippen molar-refractivity contribution in [2.24, 2.45) is 0 Å². The van der Waals surface area contributed by atoms with Crippen LogP contribution in [0.4, 0.5) is 5.69 Å². The highest BCUT2D eigenvalue weighted by molar-refractivity contribution is 6.46. The minimum atomic E-state index is -0.730. The highest BCUT2D eigenvalue weighted by Gasteiger charge is 2.50. The lowest BCUT2D eigenvalue weighted by atomic mass is 9.88. The molecule has 3 aromatic carbocycles. The van der Waals surface area contributed by atoms with Crippen LogP contribution >= 0.6 is 0 Å². The number of pyridine rings is 1. The number of Topliss-reactive ketones (excluding diaryl/α,β-unsaturated/α-hetero) is 1. The molecular weight excluding hydrogens is 416 g/mol. The van der Waals surface area contributed by atoms with Crippen LogP contribution in [0.5, 0.6) is 5.75 Å². The van der Waals surface area contributed by atoms with E-state index in [1.807, 2.05) is 60.7 Å². The van der Waals surface area contributed by atoms with Crippen LogP contribution in [-0.2, 0) is 9.59 Å². The van der Waals surface area contributed by atoms with E-state index in [0.717, 1.165) is 22.0 Å². The van der Waals surface area contributed by atoms with Crippen LogP contribution in [0, 0.1) is 0 Å². The van der Waals surface area contributed by atoms with Crippen LogP contribution in [0.2, 0.25) is 0 Å². The number of carbonyl (C=O) groups excluding carboxylic acids is 2. The Morgan fingerprint density at radius 2 is 1.76 bits per heavy atom. The number of aromatic hydroxyl groups is 1. The molecule has 1 aliphatic rings. The highest BCUT2D eigenvalue weighted by Crippen LogP contribution is 2.45. The van der Waals surface area contributed by atoms with E-state index in [4.69, 9.17) is 4.98 Å². The molecule has 1 aliphatic heterocycles. The third-order valence-corrected chi connectivity index (χ3v) is 6.17. The largest absolute Gasteiger partial charge is 0.506 e. The Balaban J connectivity index is 1.58. The van der Waals surface area contributed by atoms with Gasteiger partial charge in [0.25, 0.3) is 5.91 Å². The number of aromatic amines is 1. The van der Waals surface area contributed by atoms with Gasteiger partial charge in [0.15, 0.2) is 0 Å². The monoisotopic (exact) mass is 434 g/mol. The van der Waals surface area contributed by atoms with Gasteiger partial charge < -0.3 is 10.1 Å². The van der Waals surface area contributed by atoms with E-state index in [0.29, 0.717) is 16.9 Å². The van der Waals surface area contributed by atoms with Crippen molar-refractivity contribution in [3.63, 3.8) is 0 Å². The van der Waals surface area contributed by atoms with Crippen molar-refractivity contribution in [2.45, 2.75) is 12.0 Å². The Labute approximate surface area is 188 Å². The van der Waals surface area contributed by atoms with Crippen molar-refractivity contribution in [3.05, 3.63) is 96.4 Å². The maximum atomic E-state index is 13.4. The lowest BCUT2D eigenvalue weighted by molar-refractivity contribution is -0.134. The number of hydrogen-bond donors (Lipinski definition) is 2. The Hall–Kier alpha value is -4.52. The van der Waals surface area contributed by atoms with Crippen molar-refractivity contribution in [1.82, 2.24) is 15.0 Å². The Morgan fingerprint density at radius 1 is 0.909 bits per heavy atom. The van der Waals surface area contributed by atoms with E-state index >= 15 is 0 Å². The summed E-state index contributed by atoms with van der Waals surface area (Å²) in [5.41, 5.74) is 3.80. The number of H-pyrrole nitrogens is 1. The van der Waals surface area contributed by atoms with Gasteiger partial charge in [0.05, 0.1) is 35.0 Å². The number of carbonyl (C=O) groups is 2. The number of nitrogens with zero attached hydrogens (tertiary/aromatic N) is 3. The average molecular weight is 434 g/mol. The molecule has 1 fully saturated rings. The topological polar surface area (TPSA) is 99.2 Å². The molecule has 5 aromatic rings. The van der Waals surface area contributed by atoms with Crippen LogP contribution < -0.4 is 4.90 Å². The Morgan fingerprint density at radius 3 is 2.61 bits per heavy atom. The number of aromatic nitrogens is 3. The van der Waals surface area contributed by atoms with Gasteiger partial charge in [0.2, 0.25) is 5.78 Å². The molecule has 2 atom stereocenters. The van der Waals surface area contributed by atoms with Gasteiger partial charge in [-0.3, -0.25) is 14.5 Å². The minimum absolute atomic E-state index is 0.0479. The molecule has 0 radical (unpaired) electrons. The molecule has 2 aromatic heterocycles. The lowest BCUT2D eigenvalue weighted by Crippen LogP contribution is -2.30. The molecule has 0 bridgehead atoms. The number of imidazole rings is 1. The average Bonchev–Trinajstić information content (AvgIpc) is 3.42. The summed E-state index contributed by atoms with van der Waals surface area (Å²) >= 11 is 0. The first-order chi connectivity index (χ1) is 16.1. The maximum Gasteiger partial charge on any atom is 0.295 e. The van der Waals surface area contributed by atoms with E-state index in [2.05, 4.69) is 9.97 Å². The van der Waals surface area contributed by atoms with Crippen LogP contribution in [0.15, 0.2) is 85.2 Å². The van der Waals surface area contributed by atoms with Gasteiger partial charge in [-0.05, 0) is 35.9 Å². The zero-order valence-corrected chi connectivity index (χ0v) is 17.3. The first-order valence-corrected chi connectivity index (χ1v) is 10.6. The molecule has 2 N–H and O–H groups in total. The number of rotatable bonds is 3. The van der Waals surface area contributed by atoms with Gasteiger partial charge in [-0.2, -0.15) is 0 Å². The Kier molecular flexibility index (Phi) is 4.23. The van der Waals surface area contributed by atoms with Crippen molar-refractivity contribution < 1.29 is 14.7 Å². The molecule has 0 spiro atoms. The molecule has 33 heavy (non-hydrogen) atoms. The smallest absolute Gasteiger partial charge is 0.295 e. The summed E-state index contributed by atoms with van der Waals surface area (Å²) in [6.45, 7) is 0. The van der Waals surface area contributed by atoms with Crippen LogP contribution in [0.3, 0.4) is 0 Å². The highest BCUT2D eigenvalue weighted by atomic mass is 16.3. The molecule has 3 heterocycles. The first-order valence-electron chi connectivity index (χ1n) is 10.6. The summed E-state index contributed by atoms with van der Waals surface area (Å²) < 4.78 is 0. The van der Waals surface area contributed by atoms with Crippen LogP contribution in [0.1, 0.15) is 23.2 Å². The van der Waals surface area contributed by atoms with Gasteiger partial charge in [-0.15, -0.1) is 0 Å². The van der Waals surface area contributed by atoms with Gasteiger partial charge in [0, 0.05) is 11.1 Å². The molecule has 1 amide bonds. The van der Waals surface area contributed by atoms with E-state index in [1.165, 1.54) is 4.90 Å². The second-order valence-corrected chi connectivity index (χ2v) is 8.06. The maximum absolute atomic E-state index is 13.4. The van der Waals surface area contributed by atoms with Gasteiger partial charge >= 0.3 is 0 Å². The van der Waals surface area contributed by atoms with Gasteiger partial charge in [-0.25, -0.2) is 9.97 Å². The summed E-state index contributed by atoms with van der Waals surface area (Å²) in [7, 11) is 0. The number of anilines is 1. The predicted octanol–water partition coefficient (Wildman–Crippen LogP) is 4.26.